The third-order valence-electron chi connectivity index (χ3n) is 3.95. The molecule has 0 atom stereocenters. The average molecular weight is 334 g/mol. The number of aromatic amines is 1. The van der Waals surface area contributed by atoms with Gasteiger partial charge in [-0.15, -0.1) is 0 Å². The van der Waals surface area contributed by atoms with Crippen LogP contribution in [-0.2, 0) is 0 Å². The Hall–Kier alpha value is -3.61. The molecule has 2 N–H and O–H groups in total. The number of methoxy groups -OCH3 is 1. The number of phenolic OH excluding ortho intramolecular Hbond substituents is 1. The second-order valence-electron chi connectivity index (χ2n) is 5.46. The molecule has 0 aliphatic rings. The van der Waals surface area contributed by atoms with Crippen molar-refractivity contribution in [2.75, 3.05) is 7.11 Å². The Labute approximate surface area is 141 Å². The van der Waals surface area contributed by atoms with Gasteiger partial charge in [0.2, 0.25) is 0 Å². The number of fused-ring (bicyclic) bond motifs is 3. The molecule has 4 aromatic rings. The van der Waals surface area contributed by atoms with Crippen molar-refractivity contribution >= 4 is 28.2 Å². The zero-order valence-electron chi connectivity index (χ0n) is 13.3. The lowest BCUT2D eigenvalue weighted by molar-refractivity contribution is 0.415. The Bertz CT molecular complexity index is 1170. The van der Waals surface area contributed by atoms with Gasteiger partial charge in [-0.1, -0.05) is 12.1 Å². The van der Waals surface area contributed by atoms with Crippen LogP contribution in [0.1, 0.15) is 5.56 Å². The predicted octanol–water partition coefficient (Wildman–Crippen LogP) is 2.47. The SMILES string of the molecule is COc1ccc2[nH]c3c(=O)n(/N=C/c4ccccc4O)cnc3c2c1. The number of rotatable bonds is 3. The van der Waals surface area contributed by atoms with Crippen molar-refractivity contribution in [3.63, 3.8) is 0 Å². The van der Waals surface area contributed by atoms with E-state index in [2.05, 4.69) is 15.1 Å². The number of benzene rings is 2. The first-order chi connectivity index (χ1) is 12.2. The Morgan fingerprint density at radius 1 is 1.28 bits per heavy atom. The Morgan fingerprint density at radius 2 is 2.12 bits per heavy atom. The fourth-order valence-electron chi connectivity index (χ4n) is 2.66. The van der Waals surface area contributed by atoms with Gasteiger partial charge in [0.15, 0.2) is 0 Å². The van der Waals surface area contributed by atoms with Crippen LogP contribution < -0.4 is 10.3 Å². The lowest BCUT2D eigenvalue weighted by atomic mass is 10.2. The minimum atomic E-state index is -0.327. The molecule has 4 rings (SSSR count). The molecule has 0 saturated carbocycles. The van der Waals surface area contributed by atoms with E-state index in [1.165, 1.54) is 12.5 Å². The van der Waals surface area contributed by atoms with Crippen molar-refractivity contribution in [2.24, 2.45) is 5.10 Å². The van der Waals surface area contributed by atoms with Crippen molar-refractivity contribution in [3.8, 4) is 11.5 Å². The number of hydrogen-bond donors (Lipinski definition) is 2. The minimum Gasteiger partial charge on any atom is -0.507 e. The summed E-state index contributed by atoms with van der Waals surface area (Å²) in [6.07, 6.45) is 2.77. The molecule has 0 radical (unpaired) electrons. The van der Waals surface area contributed by atoms with Crippen molar-refractivity contribution in [1.82, 2.24) is 14.6 Å². The number of H-pyrrole nitrogens is 1. The van der Waals surface area contributed by atoms with E-state index < -0.39 is 0 Å². The van der Waals surface area contributed by atoms with E-state index in [1.807, 2.05) is 18.2 Å². The standard InChI is InChI=1S/C18H14N4O3/c1-25-12-6-7-14-13(8-12)16-17(21-14)18(24)22(10-19-16)20-9-11-4-2-3-5-15(11)23/h2-10,21,23H,1H3/b20-9+. The number of nitrogens with one attached hydrogen (secondary N) is 1. The van der Waals surface area contributed by atoms with Crippen LogP contribution >= 0.6 is 0 Å². The number of aromatic nitrogens is 3. The van der Waals surface area contributed by atoms with Crippen LogP contribution in [-0.4, -0.2) is 33.1 Å². The summed E-state index contributed by atoms with van der Waals surface area (Å²) in [4.78, 5) is 20.1. The van der Waals surface area contributed by atoms with E-state index in [1.54, 1.807) is 31.4 Å². The topological polar surface area (TPSA) is 92.5 Å². The first-order valence-electron chi connectivity index (χ1n) is 7.57. The lowest BCUT2D eigenvalue weighted by Gasteiger charge is -2.00. The van der Waals surface area contributed by atoms with E-state index in [0.29, 0.717) is 22.3 Å². The molecule has 2 heterocycles. The van der Waals surface area contributed by atoms with Crippen molar-refractivity contribution in [1.29, 1.82) is 0 Å². The van der Waals surface area contributed by atoms with Crippen molar-refractivity contribution in [3.05, 3.63) is 64.7 Å². The molecular formula is C18H14N4O3. The maximum atomic E-state index is 12.6. The molecule has 0 aliphatic heterocycles. The van der Waals surface area contributed by atoms with Gasteiger partial charge in [0, 0.05) is 16.5 Å². The summed E-state index contributed by atoms with van der Waals surface area (Å²) in [7, 11) is 1.59. The summed E-state index contributed by atoms with van der Waals surface area (Å²) in [5, 5.41) is 14.7. The monoisotopic (exact) mass is 334 g/mol. The smallest absolute Gasteiger partial charge is 0.298 e. The molecule has 2 aromatic carbocycles. The van der Waals surface area contributed by atoms with Crippen LogP contribution in [0.15, 0.2) is 58.7 Å². The molecule has 0 amide bonds. The molecule has 0 fully saturated rings. The van der Waals surface area contributed by atoms with Crippen LogP contribution in [0, 0.1) is 0 Å². The Balaban J connectivity index is 1.84. The van der Waals surface area contributed by atoms with Crippen LogP contribution in [0.3, 0.4) is 0 Å². The highest BCUT2D eigenvalue weighted by atomic mass is 16.5. The number of phenols is 1. The lowest BCUT2D eigenvalue weighted by Crippen LogP contribution is -2.17. The summed E-state index contributed by atoms with van der Waals surface area (Å²) in [5.74, 6) is 0.781. The third kappa shape index (κ3) is 2.51. The molecule has 124 valence electrons. The first kappa shape index (κ1) is 14.9. The predicted molar refractivity (Wildman–Crippen MR) is 95.5 cm³/mol. The van der Waals surface area contributed by atoms with Gasteiger partial charge in [-0.3, -0.25) is 4.79 Å². The van der Waals surface area contributed by atoms with Gasteiger partial charge < -0.3 is 14.8 Å². The fraction of sp³-hybridized carbons (Fsp3) is 0.0556. The molecule has 0 spiro atoms. The highest BCUT2D eigenvalue weighted by Gasteiger charge is 2.11. The molecule has 7 nitrogen and oxygen atoms in total. The van der Waals surface area contributed by atoms with E-state index in [0.717, 1.165) is 15.6 Å². The molecule has 0 unspecified atom stereocenters. The molecule has 0 bridgehead atoms. The number of aromatic hydroxyl groups is 1. The van der Waals surface area contributed by atoms with Crippen LogP contribution in [0.4, 0.5) is 0 Å². The molecule has 0 aliphatic carbocycles. The molecular weight excluding hydrogens is 320 g/mol. The van der Waals surface area contributed by atoms with Gasteiger partial charge in [0.1, 0.15) is 28.9 Å². The highest BCUT2D eigenvalue weighted by molar-refractivity contribution is 6.04. The van der Waals surface area contributed by atoms with Gasteiger partial charge in [-0.25, -0.2) is 4.98 Å². The normalized spacial score (nSPS) is 11.6. The van der Waals surface area contributed by atoms with Crippen molar-refractivity contribution < 1.29 is 9.84 Å². The number of nitrogens with zero attached hydrogens (tertiary/aromatic N) is 3. The number of hydrogen-bond acceptors (Lipinski definition) is 5. The zero-order valence-corrected chi connectivity index (χ0v) is 13.3. The second-order valence-corrected chi connectivity index (χ2v) is 5.46. The maximum absolute atomic E-state index is 12.6. The molecule has 2 aromatic heterocycles. The van der Waals surface area contributed by atoms with E-state index in [9.17, 15) is 9.90 Å². The number of ether oxygens (including phenoxy) is 1. The largest absolute Gasteiger partial charge is 0.507 e. The van der Waals surface area contributed by atoms with E-state index in [4.69, 9.17) is 4.74 Å². The molecule has 7 heteroatoms. The highest BCUT2D eigenvalue weighted by Crippen LogP contribution is 2.25. The quantitative estimate of drug-likeness (QED) is 0.563. The van der Waals surface area contributed by atoms with Crippen LogP contribution in [0.25, 0.3) is 21.9 Å². The Morgan fingerprint density at radius 3 is 2.92 bits per heavy atom. The summed E-state index contributed by atoms with van der Waals surface area (Å²) < 4.78 is 6.35. The van der Waals surface area contributed by atoms with Crippen LogP contribution in [0.5, 0.6) is 11.5 Å². The van der Waals surface area contributed by atoms with Crippen molar-refractivity contribution in [2.45, 2.75) is 0 Å². The van der Waals surface area contributed by atoms with Gasteiger partial charge in [0.05, 0.1) is 13.3 Å². The van der Waals surface area contributed by atoms with Gasteiger partial charge in [-0.2, -0.15) is 9.78 Å². The molecule has 25 heavy (non-hydrogen) atoms. The summed E-state index contributed by atoms with van der Waals surface area (Å²) in [6, 6.07) is 12.2. The first-order valence-corrected chi connectivity index (χ1v) is 7.57. The maximum Gasteiger partial charge on any atom is 0.298 e. The van der Waals surface area contributed by atoms with Gasteiger partial charge >= 0.3 is 0 Å². The van der Waals surface area contributed by atoms with Gasteiger partial charge in [0.25, 0.3) is 5.56 Å². The summed E-state index contributed by atoms with van der Waals surface area (Å²) >= 11 is 0. The van der Waals surface area contributed by atoms with Gasteiger partial charge in [-0.05, 0) is 30.3 Å². The Kier molecular flexibility index (Phi) is 3.46. The third-order valence-corrected chi connectivity index (χ3v) is 3.95. The molecule has 0 saturated heterocycles. The fourth-order valence-corrected chi connectivity index (χ4v) is 2.66. The number of para-hydroxylation sites is 1. The zero-order chi connectivity index (χ0) is 17.4. The average Bonchev–Trinajstić information content (AvgIpc) is 3.01. The summed E-state index contributed by atoms with van der Waals surface area (Å²) in [6.45, 7) is 0. The minimum absolute atomic E-state index is 0.0889. The van der Waals surface area contributed by atoms with E-state index in [-0.39, 0.29) is 11.3 Å². The van der Waals surface area contributed by atoms with E-state index >= 15 is 0 Å². The second kappa shape index (κ2) is 5.79. The van der Waals surface area contributed by atoms with Crippen LogP contribution in [0.2, 0.25) is 0 Å². The summed E-state index contributed by atoms with van der Waals surface area (Å²) in [5.41, 5.74) is 1.90.